The molecule has 0 radical (unpaired) electrons. The number of nitrogens with one attached hydrogen (secondary N) is 2. The first kappa shape index (κ1) is 13.1. The fraction of sp³-hybridized carbons (Fsp3) is 0.286. The zero-order valence-corrected chi connectivity index (χ0v) is 11.1. The molecule has 0 saturated carbocycles. The molecule has 0 unspecified atom stereocenters. The van der Waals surface area contributed by atoms with Gasteiger partial charge in [0, 0.05) is 17.8 Å². The van der Waals surface area contributed by atoms with E-state index in [-0.39, 0.29) is 5.91 Å². The molecule has 100 valence electrons. The summed E-state index contributed by atoms with van der Waals surface area (Å²) in [5.74, 6) is -0.173. The van der Waals surface area contributed by atoms with E-state index in [1.54, 1.807) is 6.07 Å². The Bertz CT molecular complexity index is 550. The molecule has 1 aromatic heterocycles. The van der Waals surface area contributed by atoms with Gasteiger partial charge in [-0.2, -0.15) is 0 Å². The van der Waals surface area contributed by atoms with Gasteiger partial charge in [0.05, 0.1) is 6.20 Å². The van der Waals surface area contributed by atoms with Crippen LogP contribution in [-0.2, 0) is 0 Å². The van der Waals surface area contributed by atoms with Gasteiger partial charge in [-0.15, -0.1) is 0 Å². The van der Waals surface area contributed by atoms with Crippen LogP contribution in [-0.4, -0.2) is 17.6 Å². The number of nitrogens with zero attached hydrogens (tertiary/aromatic N) is 1. The van der Waals surface area contributed by atoms with E-state index >= 15 is 0 Å². The van der Waals surface area contributed by atoms with E-state index in [0.717, 1.165) is 24.2 Å². The summed E-state index contributed by atoms with van der Waals surface area (Å²) in [5.41, 5.74) is 3.27. The third-order valence-electron chi connectivity index (χ3n) is 2.74. The van der Waals surface area contributed by atoms with Crippen molar-refractivity contribution >= 4 is 17.3 Å². The Morgan fingerprint density at radius 1 is 1.42 bits per heavy atom. The number of hydrogen-bond acceptors (Lipinski definition) is 4. The van der Waals surface area contributed by atoms with Gasteiger partial charge in [0.25, 0.3) is 5.91 Å². The van der Waals surface area contributed by atoms with Crippen LogP contribution in [0.25, 0.3) is 0 Å². The van der Waals surface area contributed by atoms with Crippen LogP contribution in [0.15, 0.2) is 35.2 Å². The average Bonchev–Trinajstić information content (AvgIpc) is 2.90. The molecule has 0 aliphatic carbocycles. The lowest BCUT2D eigenvalue weighted by Gasteiger charge is -2.10. The van der Waals surface area contributed by atoms with Gasteiger partial charge < -0.3 is 15.2 Å². The quantitative estimate of drug-likeness (QED) is 0.866. The first-order chi connectivity index (χ1) is 9.20. The summed E-state index contributed by atoms with van der Waals surface area (Å²) in [6.07, 6.45) is 3.92. The van der Waals surface area contributed by atoms with Gasteiger partial charge in [-0.05, 0) is 37.1 Å². The molecule has 0 bridgehead atoms. The van der Waals surface area contributed by atoms with Gasteiger partial charge >= 0.3 is 0 Å². The molecule has 0 aliphatic heterocycles. The average molecular weight is 259 g/mol. The highest BCUT2D eigenvalue weighted by molar-refractivity contribution is 6.04. The van der Waals surface area contributed by atoms with Crippen molar-refractivity contribution in [2.45, 2.75) is 20.3 Å². The molecule has 1 heterocycles. The molecule has 1 amide bonds. The lowest BCUT2D eigenvalue weighted by atomic mass is 10.1. The van der Waals surface area contributed by atoms with E-state index in [1.165, 1.54) is 12.5 Å². The van der Waals surface area contributed by atoms with Gasteiger partial charge in [0.2, 0.25) is 0 Å². The van der Waals surface area contributed by atoms with Crippen molar-refractivity contribution in [3.63, 3.8) is 0 Å². The Labute approximate surface area is 112 Å². The molecule has 0 spiro atoms. The summed E-state index contributed by atoms with van der Waals surface area (Å²) >= 11 is 0. The summed E-state index contributed by atoms with van der Waals surface area (Å²) < 4.78 is 4.66. The Morgan fingerprint density at radius 2 is 2.26 bits per heavy atom. The summed E-state index contributed by atoms with van der Waals surface area (Å²) in [5, 5.41) is 9.56. The van der Waals surface area contributed by atoms with E-state index in [2.05, 4.69) is 27.2 Å². The smallest absolute Gasteiger partial charge is 0.255 e. The van der Waals surface area contributed by atoms with E-state index in [4.69, 9.17) is 0 Å². The Morgan fingerprint density at radius 3 is 2.89 bits per heavy atom. The number of anilines is 2. The molecule has 5 heteroatoms. The summed E-state index contributed by atoms with van der Waals surface area (Å²) in [6.45, 7) is 5.02. The largest absolute Gasteiger partial charge is 0.385 e. The van der Waals surface area contributed by atoms with Crippen molar-refractivity contribution in [3.05, 3.63) is 41.8 Å². The zero-order valence-electron chi connectivity index (χ0n) is 11.1. The summed E-state index contributed by atoms with van der Waals surface area (Å²) in [7, 11) is 0. The van der Waals surface area contributed by atoms with Crippen LogP contribution in [0.3, 0.4) is 0 Å². The topological polar surface area (TPSA) is 67.2 Å². The van der Waals surface area contributed by atoms with Crippen molar-refractivity contribution < 1.29 is 9.32 Å². The lowest BCUT2D eigenvalue weighted by Crippen LogP contribution is -2.12. The van der Waals surface area contributed by atoms with E-state index in [0.29, 0.717) is 11.3 Å². The number of aryl methyl sites for hydroxylation is 1. The third kappa shape index (κ3) is 3.34. The number of aromatic nitrogens is 1. The summed E-state index contributed by atoms with van der Waals surface area (Å²) in [4.78, 5) is 12.0. The molecular weight excluding hydrogens is 242 g/mol. The molecule has 1 aromatic carbocycles. The Kier molecular flexibility index (Phi) is 4.18. The molecule has 0 atom stereocenters. The van der Waals surface area contributed by atoms with Crippen LogP contribution in [0.2, 0.25) is 0 Å². The van der Waals surface area contributed by atoms with E-state index < -0.39 is 0 Å². The summed E-state index contributed by atoms with van der Waals surface area (Å²) in [6, 6.07) is 5.59. The predicted octanol–water partition coefficient (Wildman–Crippen LogP) is 3.06. The first-order valence-electron chi connectivity index (χ1n) is 6.26. The molecule has 2 N–H and O–H groups in total. The minimum Gasteiger partial charge on any atom is -0.385 e. The SMILES string of the molecule is CCCNc1ccc(C(=O)Nc2cnoc2)cc1C. The standard InChI is InChI=1S/C14H17N3O2/c1-3-6-15-13-5-4-11(7-10(13)2)14(18)17-12-8-16-19-9-12/h4-5,7-9,15H,3,6H2,1-2H3,(H,17,18). The fourth-order valence-electron chi connectivity index (χ4n) is 1.73. The first-order valence-corrected chi connectivity index (χ1v) is 6.26. The second-order valence-corrected chi connectivity index (χ2v) is 4.32. The van der Waals surface area contributed by atoms with Gasteiger partial charge in [0.15, 0.2) is 0 Å². The van der Waals surface area contributed by atoms with Gasteiger partial charge in [-0.25, -0.2) is 0 Å². The second-order valence-electron chi connectivity index (χ2n) is 4.32. The Balaban J connectivity index is 2.08. The van der Waals surface area contributed by atoms with Crippen molar-refractivity contribution in [2.75, 3.05) is 17.2 Å². The number of carbonyl (C=O) groups is 1. The number of rotatable bonds is 5. The molecule has 2 rings (SSSR count). The maximum atomic E-state index is 12.0. The number of amides is 1. The second kappa shape index (κ2) is 6.04. The third-order valence-corrected chi connectivity index (χ3v) is 2.74. The van der Waals surface area contributed by atoms with Crippen LogP contribution in [0.5, 0.6) is 0 Å². The normalized spacial score (nSPS) is 10.2. The molecule has 0 saturated heterocycles. The molecule has 0 fully saturated rings. The lowest BCUT2D eigenvalue weighted by molar-refractivity contribution is 0.102. The van der Waals surface area contributed by atoms with Crippen molar-refractivity contribution in [3.8, 4) is 0 Å². The molecule has 19 heavy (non-hydrogen) atoms. The molecule has 2 aromatic rings. The Hall–Kier alpha value is -2.30. The number of hydrogen-bond donors (Lipinski definition) is 2. The van der Waals surface area contributed by atoms with E-state index in [1.807, 2.05) is 19.1 Å². The van der Waals surface area contributed by atoms with Crippen LogP contribution < -0.4 is 10.6 Å². The predicted molar refractivity (Wildman–Crippen MR) is 74.4 cm³/mol. The maximum absolute atomic E-state index is 12.0. The van der Waals surface area contributed by atoms with Gasteiger partial charge in [-0.1, -0.05) is 12.1 Å². The molecule has 5 nitrogen and oxygen atoms in total. The minimum absolute atomic E-state index is 0.173. The fourth-order valence-corrected chi connectivity index (χ4v) is 1.73. The number of carbonyl (C=O) groups excluding carboxylic acids is 1. The van der Waals surface area contributed by atoms with Crippen molar-refractivity contribution in [2.24, 2.45) is 0 Å². The van der Waals surface area contributed by atoms with Crippen LogP contribution >= 0.6 is 0 Å². The van der Waals surface area contributed by atoms with Crippen molar-refractivity contribution in [1.82, 2.24) is 5.16 Å². The zero-order chi connectivity index (χ0) is 13.7. The highest BCUT2D eigenvalue weighted by Gasteiger charge is 2.08. The van der Waals surface area contributed by atoms with Gasteiger partial charge in [-0.3, -0.25) is 4.79 Å². The van der Waals surface area contributed by atoms with E-state index in [9.17, 15) is 4.79 Å². The van der Waals surface area contributed by atoms with Crippen LogP contribution in [0.1, 0.15) is 29.3 Å². The maximum Gasteiger partial charge on any atom is 0.255 e. The molecule has 0 aliphatic rings. The monoisotopic (exact) mass is 259 g/mol. The highest BCUT2D eigenvalue weighted by atomic mass is 16.5. The highest BCUT2D eigenvalue weighted by Crippen LogP contribution is 2.17. The number of benzene rings is 1. The van der Waals surface area contributed by atoms with Crippen molar-refractivity contribution in [1.29, 1.82) is 0 Å². The van der Waals surface area contributed by atoms with Crippen LogP contribution in [0.4, 0.5) is 11.4 Å². The molecular formula is C14H17N3O2. The minimum atomic E-state index is -0.173. The van der Waals surface area contributed by atoms with Crippen LogP contribution in [0, 0.1) is 6.92 Å². The van der Waals surface area contributed by atoms with Gasteiger partial charge in [0.1, 0.15) is 12.0 Å².